The van der Waals surface area contributed by atoms with E-state index >= 15 is 0 Å². The molecule has 0 aliphatic carbocycles. The SMILES string of the molecule is CCCC/C=C\CCCCCCCC(=O)NC(CO)C(O)C(O)CCCCCCCCCCCCCCCCCCCCC. The molecule has 0 bridgehead atoms. The van der Waals surface area contributed by atoms with Crippen molar-refractivity contribution in [1.29, 1.82) is 0 Å². The van der Waals surface area contributed by atoms with Crippen molar-refractivity contribution >= 4 is 5.91 Å². The Morgan fingerprint density at radius 2 is 0.932 bits per heavy atom. The first-order valence-electron chi connectivity index (χ1n) is 19.5. The molecule has 3 atom stereocenters. The molecule has 3 unspecified atom stereocenters. The first kappa shape index (κ1) is 43.1. The lowest BCUT2D eigenvalue weighted by molar-refractivity contribution is -0.124. The Labute approximate surface area is 274 Å². The Hall–Kier alpha value is -0.910. The van der Waals surface area contributed by atoms with Crippen LogP contribution in [-0.4, -0.2) is 46.1 Å². The summed E-state index contributed by atoms with van der Waals surface area (Å²) in [5.74, 6) is -0.155. The van der Waals surface area contributed by atoms with Gasteiger partial charge in [-0.1, -0.05) is 180 Å². The van der Waals surface area contributed by atoms with Crippen LogP contribution in [0.15, 0.2) is 12.2 Å². The molecule has 0 rings (SSSR count). The summed E-state index contributed by atoms with van der Waals surface area (Å²) in [6.45, 7) is 4.13. The highest BCUT2D eigenvalue weighted by Gasteiger charge is 2.26. The van der Waals surface area contributed by atoms with Crippen molar-refractivity contribution in [2.75, 3.05) is 6.61 Å². The molecule has 0 aromatic rings. The van der Waals surface area contributed by atoms with Gasteiger partial charge in [0.25, 0.3) is 0 Å². The maximum atomic E-state index is 12.3. The lowest BCUT2D eigenvalue weighted by atomic mass is 9.99. The molecule has 5 nitrogen and oxygen atoms in total. The Morgan fingerprint density at radius 1 is 0.545 bits per heavy atom. The number of unbranched alkanes of at least 4 members (excludes halogenated alkanes) is 25. The van der Waals surface area contributed by atoms with Gasteiger partial charge in [0.05, 0.1) is 18.8 Å². The lowest BCUT2D eigenvalue weighted by Gasteiger charge is -2.26. The number of aliphatic hydroxyl groups excluding tert-OH is 3. The van der Waals surface area contributed by atoms with Crippen LogP contribution in [-0.2, 0) is 4.79 Å². The van der Waals surface area contributed by atoms with E-state index in [-0.39, 0.29) is 12.5 Å². The summed E-state index contributed by atoms with van der Waals surface area (Å²) in [5, 5.41) is 33.4. The number of hydrogen-bond donors (Lipinski definition) is 4. The molecular weight excluding hydrogens is 546 g/mol. The fourth-order valence-electron chi connectivity index (χ4n) is 6.02. The normalized spacial score (nSPS) is 13.8. The topological polar surface area (TPSA) is 89.8 Å². The van der Waals surface area contributed by atoms with E-state index in [9.17, 15) is 20.1 Å². The average Bonchev–Trinajstić information content (AvgIpc) is 3.03. The molecule has 0 aromatic heterocycles. The Balaban J connectivity index is 3.62. The van der Waals surface area contributed by atoms with Crippen LogP contribution in [0, 0.1) is 0 Å². The number of rotatable bonds is 35. The highest BCUT2D eigenvalue weighted by Crippen LogP contribution is 2.16. The highest BCUT2D eigenvalue weighted by atomic mass is 16.3. The molecule has 0 aliphatic heterocycles. The van der Waals surface area contributed by atoms with Gasteiger partial charge in [0.15, 0.2) is 0 Å². The van der Waals surface area contributed by atoms with Crippen molar-refractivity contribution in [2.24, 2.45) is 0 Å². The molecule has 0 fully saturated rings. The third kappa shape index (κ3) is 29.8. The molecule has 0 saturated heterocycles. The Morgan fingerprint density at radius 3 is 1.39 bits per heavy atom. The zero-order valence-electron chi connectivity index (χ0n) is 29.6. The van der Waals surface area contributed by atoms with Gasteiger partial charge in [-0.05, 0) is 32.1 Å². The van der Waals surface area contributed by atoms with Gasteiger partial charge in [0, 0.05) is 6.42 Å². The second kappa shape index (κ2) is 35.0. The third-order valence-electron chi connectivity index (χ3n) is 9.12. The molecule has 5 heteroatoms. The summed E-state index contributed by atoms with van der Waals surface area (Å²) in [6, 6.07) is -0.808. The van der Waals surface area contributed by atoms with Crippen LogP contribution in [0.1, 0.15) is 206 Å². The summed E-state index contributed by atoms with van der Waals surface area (Å²) in [7, 11) is 0. The minimum absolute atomic E-state index is 0.155. The van der Waals surface area contributed by atoms with E-state index in [2.05, 4.69) is 31.3 Å². The third-order valence-corrected chi connectivity index (χ3v) is 9.12. The Bertz CT molecular complexity index is 611. The van der Waals surface area contributed by atoms with Gasteiger partial charge >= 0.3 is 0 Å². The van der Waals surface area contributed by atoms with Crippen LogP contribution in [0.4, 0.5) is 0 Å². The Kier molecular flexibility index (Phi) is 34.2. The molecule has 44 heavy (non-hydrogen) atoms. The van der Waals surface area contributed by atoms with Gasteiger partial charge in [-0.2, -0.15) is 0 Å². The van der Waals surface area contributed by atoms with Gasteiger partial charge in [0.2, 0.25) is 5.91 Å². The van der Waals surface area contributed by atoms with E-state index in [0.29, 0.717) is 12.8 Å². The van der Waals surface area contributed by atoms with Crippen molar-refractivity contribution < 1.29 is 20.1 Å². The van der Waals surface area contributed by atoms with Crippen molar-refractivity contribution in [3.8, 4) is 0 Å². The minimum atomic E-state index is -1.13. The monoisotopic (exact) mass is 624 g/mol. The van der Waals surface area contributed by atoms with E-state index in [1.165, 1.54) is 135 Å². The fourth-order valence-corrected chi connectivity index (χ4v) is 6.02. The summed E-state index contributed by atoms with van der Waals surface area (Å²) in [4.78, 5) is 12.3. The van der Waals surface area contributed by atoms with Crippen LogP contribution < -0.4 is 5.32 Å². The number of carbonyl (C=O) groups is 1. The second-order valence-electron chi connectivity index (χ2n) is 13.5. The first-order chi connectivity index (χ1) is 21.6. The predicted octanol–water partition coefficient (Wildman–Crippen LogP) is 10.5. The van der Waals surface area contributed by atoms with Crippen molar-refractivity contribution in [1.82, 2.24) is 5.32 Å². The minimum Gasteiger partial charge on any atom is -0.394 e. The highest BCUT2D eigenvalue weighted by molar-refractivity contribution is 5.76. The average molecular weight is 624 g/mol. The molecule has 0 radical (unpaired) electrons. The van der Waals surface area contributed by atoms with Crippen LogP contribution in [0.3, 0.4) is 0 Å². The van der Waals surface area contributed by atoms with E-state index < -0.39 is 18.2 Å². The summed E-state index contributed by atoms with van der Waals surface area (Å²) < 4.78 is 0. The zero-order chi connectivity index (χ0) is 32.4. The van der Waals surface area contributed by atoms with Gasteiger partial charge in [-0.15, -0.1) is 0 Å². The summed E-state index contributed by atoms with van der Waals surface area (Å²) in [5.41, 5.74) is 0. The predicted molar refractivity (Wildman–Crippen MR) is 190 cm³/mol. The quantitative estimate of drug-likeness (QED) is 0.0418. The van der Waals surface area contributed by atoms with E-state index in [1.54, 1.807) is 0 Å². The maximum Gasteiger partial charge on any atom is 0.220 e. The van der Waals surface area contributed by atoms with Crippen LogP contribution in [0.25, 0.3) is 0 Å². The largest absolute Gasteiger partial charge is 0.394 e. The molecule has 1 amide bonds. The number of amides is 1. The van der Waals surface area contributed by atoms with Crippen molar-refractivity contribution in [2.45, 2.75) is 225 Å². The fraction of sp³-hybridized carbons (Fsp3) is 0.923. The summed E-state index contributed by atoms with van der Waals surface area (Å²) >= 11 is 0. The molecule has 262 valence electrons. The second-order valence-corrected chi connectivity index (χ2v) is 13.5. The molecule has 0 aromatic carbocycles. The molecule has 4 N–H and O–H groups in total. The van der Waals surface area contributed by atoms with Gasteiger partial charge in [-0.3, -0.25) is 4.79 Å². The molecule has 0 heterocycles. The zero-order valence-corrected chi connectivity index (χ0v) is 29.6. The molecular formula is C39H77NO4. The van der Waals surface area contributed by atoms with Gasteiger partial charge in [0.1, 0.15) is 6.10 Å². The van der Waals surface area contributed by atoms with Crippen LogP contribution >= 0.6 is 0 Å². The number of carbonyl (C=O) groups excluding carboxylic acids is 1. The number of nitrogens with one attached hydrogen (secondary N) is 1. The number of aliphatic hydroxyl groups is 3. The van der Waals surface area contributed by atoms with Crippen LogP contribution in [0.5, 0.6) is 0 Å². The smallest absolute Gasteiger partial charge is 0.220 e. The molecule has 0 aliphatic rings. The molecule has 0 saturated carbocycles. The maximum absolute atomic E-state index is 12.3. The first-order valence-corrected chi connectivity index (χ1v) is 19.5. The van der Waals surface area contributed by atoms with Crippen LogP contribution in [0.2, 0.25) is 0 Å². The van der Waals surface area contributed by atoms with Crippen molar-refractivity contribution in [3.63, 3.8) is 0 Å². The van der Waals surface area contributed by atoms with Gasteiger partial charge in [-0.25, -0.2) is 0 Å². The number of allylic oxidation sites excluding steroid dienone is 2. The molecule has 0 spiro atoms. The lowest BCUT2D eigenvalue weighted by Crippen LogP contribution is -2.50. The van der Waals surface area contributed by atoms with E-state index in [0.717, 1.165) is 44.9 Å². The number of hydrogen-bond acceptors (Lipinski definition) is 4. The van der Waals surface area contributed by atoms with Gasteiger partial charge < -0.3 is 20.6 Å². The summed E-state index contributed by atoms with van der Waals surface area (Å²) in [6.07, 6.45) is 38.8. The van der Waals surface area contributed by atoms with E-state index in [4.69, 9.17) is 0 Å². The standard InChI is InChI=1S/C39H77NO4/c1-3-5-7-9-11-13-15-16-17-18-19-20-21-22-24-25-27-29-31-33-37(42)39(44)36(35-41)40-38(43)34-32-30-28-26-23-14-12-10-8-6-4-2/h10,12,36-37,39,41-42,44H,3-9,11,13-35H2,1-2H3,(H,40,43)/b12-10-. The van der Waals surface area contributed by atoms with Crippen molar-refractivity contribution in [3.05, 3.63) is 12.2 Å². The van der Waals surface area contributed by atoms with E-state index in [1.807, 2.05) is 0 Å².